The van der Waals surface area contributed by atoms with Gasteiger partial charge in [-0.15, -0.1) is 0 Å². The van der Waals surface area contributed by atoms with E-state index in [0.29, 0.717) is 13.0 Å². The molecule has 4 heteroatoms. The zero-order valence-electron chi connectivity index (χ0n) is 10.6. The number of Topliss-reactive ketones (excluding diaryl/α,β-unsaturated/α-hetero) is 1. The van der Waals surface area contributed by atoms with E-state index in [2.05, 4.69) is 10.3 Å². The number of nitrogens with one attached hydrogen (secondary N) is 1. The van der Waals surface area contributed by atoms with Crippen LogP contribution in [0.5, 0.6) is 0 Å². The largest absolute Gasteiger partial charge is 0.375 e. The summed E-state index contributed by atoms with van der Waals surface area (Å²) in [6, 6.07) is 7.69. The van der Waals surface area contributed by atoms with E-state index in [4.69, 9.17) is 4.74 Å². The standard InChI is InChI=1S/C15H16N2O2/c18-15(8-12-9-17-6-7-19-12)13-3-1-2-11-4-5-16-10-14(11)13/h1-5,10,12,17H,6-9H2. The van der Waals surface area contributed by atoms with Crippen molar-refractivity contribution in [2.24, 2.45) is 0 Å². The fourth-order valence-corrected chi connectivity index (χ4v) is 2.42. The molecule has 1 saturated heterocycles. The second-order valence-electron chi connectivity index (χ2n) is 4.73. The number of carbonyl (C=O) groups excluding carboxylic acids is 1. The van der Waals surface area contributed by atoms with Crippen LogP contribution in [-0.4, -0.2) is 36.6 Å². The number of rotatable bonds is 3. The summed E-state index contributed by atoms with van der Waals surface area (Å²) in [6.45, 7) is 2.28. The normalized spacial score (nSPS) is 19.5. The monoisotopic (exact) mass is 256 g/mol. The first-order chi connectivity index (χ1) is 9.34. The predicted molar refractivity (Wildman–Crippen MR) is 73.3 cm³/mol. The van der Waals surface area contributed by atoms with E-state index in [1.165, 1.54) is 0 Å². The number of aromatic nitrogens is 1. The molecule has 0 saturated carbocycles. The van der Waals surface area contributed by atoms with Crippen LogP contribution in [0.1, 0.15) is 16.8 Å². The average Bonchev–Trinajstić information content (AvgIpc) is 2.47. The van der Waals surface area contributed by atoms with Crippen LogP contribution in [0.4, 0.5) is 0 Å². The fourth-order valence-electron chi connectivity index (χ4n) is 2.42. The molecule has 19 heavy (non-hydrogen) atoms. The summed E-state index contributed by atoms with van der Waals surface area (Å²) in [5, 5.41) is 5.20. The highest BCUT2D eigenvalue weighted by Gasteiger charge is 2.19. The first-order valence-corrected chi connectivity index (χ1v) is 6.53. The Morgan fingerprint density at radius 3 is 3.21 bits per heavy atom. The van der Waals surface area contributed by atoms with Gasteiger partial charge in [-0.25, -0.2) is 0 Å². The Kier molecular flexibility index (Phi) is 3.53. The van der Waals surface area contributed by atoms with Crippen LogP contribution in [0.15, 0.2) is 36.7 Å². The quantitative estimate of drug-likeness (QED) is 0.851. The molecule has 1 unspecified atom stereocenters. The molecule has 1 fully saturated rings. The molecule has 98 valence electrons. The number of ketones is 1. The Morgan fingerprint density at radius 1 is 1.42 bits per heavy atom. The third kappa shape index (κ3) is 2.64. The van der Waals surface area contributed by atoms with Crippen LogP contribution >= 0.6 is 0 Å². The maximum atomic E-state index is 12.4. The van der Waals surface area contributed by atoms with Gasteiger partial charge in [-0.3, -0.25) is 9.78 Å². The van der Waals surface area contributed by atoms with Crippen LogP contribution in [-0.2, 0) is 4.74 Å². The van der Waals surface area contributed by atoms with E-state index in [1.807, 2.05) is 24.3 Å². The van der Waals surface area contributed by atoms with E-state index < -0.39 is 0 Å². The van der Waals surface area contributed by atoms with Gasteiger partial charge in [0.15, 0.2) is 5.78 Å². The van der Waals surface area contributed by atoms with Gasteiger partial charge in [0.1, 0.15) is 0 Å². The molecule has 1 aliphatic heterocycles. The second kappa shape index (κ2) is 5.47. The van der Waals surface area contributed by atoms with Crippen molar-refractivity contribution < 1.29 is 9.53 Å². The molecule has 2 aromatic rings. The summed E-state index contributed by atoms with van der Waals surface area (Å²) in [4.78, 5) is 16.5. The first kappa shape index (κ1) is 12.3. The molecular weight excluding hydrogens is 240 g/mol. The highest BCUT2D eigenvalue weighted by Crippen LogP contribution is 2.20. The molecule has 1 atom stereocenters. The molecule has 4 nitrogen and oxygen atoms in total. The predicted octanol–water partition coefficient (Wildman–Crippen LogP) is 1.80. The topological polar surface area (TPSA) is 51.2 Å². The Morgan fingerprint density at radius 2 is 2.37 bits per heavy atom. The molecule has 1 aliphatic rings. The third-order valence-corrected chi connectivity index (χ3v) is 3.40. The van der Waals surface area contributed by atoms with Crippen molar-refractivity contribution in [3.8, 4) is 0 Å². The molecule has 0 bridgehead atoms. The molecule has 1 aromatic carbocycles. The van der Waals surface area contributed by atoms with Crippen molar-refractivity contribution in [1.29, 1.82) is 0 Å². The molecule has 0 spiro atoms. The average molecular weight is 256 g/mol. The SMILES string of the molecule is O=C(CC1CNCCO1)c1cccc2ccncc12. The van der Waals surface area contributed by atoms with E-state index in [1.54, 1.807) is 12.4 Å². The van der Waals surface area contributed by atoms with Gasteiger partial charge in [0.25, 0.3) is 0 Å². The highest BCUT2D eigenvalue weighted by molar-refractivity contribution is 6.08. The lowest BCUT2D eigenvalue weighted by Gasteiger charge is -2.23. The maximum absolute atomic E-state index is 12.4. The zero-order valence-corrected chi connectivity index (χ0v) is 10.6. The zero-order chi connectivity index (χ0) is 13.1. The number of hydrogen-bond donors (Lipinski definition) is 1. The third-order valence-electron chi connectivity index (χ3n) is 3.40. The number of hydrogen-bond acceptors (Lipinski definition) is 4. The lowest BCUT2D eigenvalue weighted by atomic mass is 9.99. The van der Waals surface area contributed by atoms with Gasteiger partial charge >= 0.3 is 0 Å². The van der Waals surface area contributed by atoms with Gasteiger partial charge in [-0.2, -0.15) is 0 Å². The summed E-state index contributed by atoms with van der Waals surface area (Å²) in [5.74, 6) is 0.118. The molecule has 0 amide bonds. The number of nitrogens with zero attached hydrogens (tertiary/aromatic N) is 1. The smallest absolute Gasteiger partial charge is 0.166 e. The Bertz CT molecular complexity index is 586. The molecule has 0 radical (unpaired) electrons. The number of morpholine rings is 1. The van der Waals surface area contributed by atoms with Crippen molar-refractivity contribution in [3.63, 3.8) is 0 Å². The maximum Gasteiger partial charge on any atom is 0.166 e. The molecule has 0 aliphatic carbocycles. The van der Waals surface area contributed by atoms with Gasteiger partial charge in [0.2, 0.25) is 0 Å². The molecule has 1 aromatic heterocycles. The van der Waals surface area contributed by atoms with Crippen molar-refractivity contribution in [3.05, 3.63) is 42.2 Å². The van der Waals surface area contributed by atoms with Crippen molar-refractivity contribution in [1.82, 2.24) is 10.3 Å². The van der Waals surface area contributed by atoms with Crippen LogP contribution in [0.3, 0.4) is 0 Å². The summed E-state index contributed by atoms with van der Waals surface area (Å²) in [7, 11) is 0. The number of pyridine rings is 1. The van der Waals surface area contributed by atoms with Crippen molar-refractivity contribution >= 4 is 16.6 Å². The van der Waals surface area contributed by atoms with Crippen molar-refractivity contribution in [2.75, 3.05) is 19.7 Å². The van der Waals surface area contributed by atoms with E-state index in [-0.39, 0.29) is 11.9 Å². The summed E-state index contributed by atoms with van der Waals surface area (Å²) >= 11 is 0. The Balaban J connectivity index is 1.85. The minimum atomic E-state index is -0.0202. The molecule has 2 heterocycles. The van der Waals surface area contributed by atoms with E-state index in [0.717, 1.165) is 29.4 Å². The Labute approximate surface area is 111 Å². The number of fused-ring (bicyclic) bond motifs is 1. The van der Waals surface area contributed by atoms with Crippen LogP contribution in [0, 0.1) is 0 Å². The number of carbonyl (C=O) groups is 1. The van der Waals surface area contributed by atoms with Crippen LogP contribution in [0.25, 0.3) is 10.8 Å². The van der Waals surface area contributed by atoms with Gasteiger partial charge < -0.3 is 10.1 Å². The van der Waals surface area contributed by atoms with Gasteiger partial charge in [-0.1, -0.05) is 18.2 Å². The Hall–Kier alpha value is -1.78. The summed E-state index contributed by atoms with van der Waals surface area (Å²) in [6.07, 6.45) is 3.89. The lowest BCUT2D eigenvalue weighted by molar-refractivity contribution is 0.0240. The molecule has 1 N–H and O–H groups in total. The fraction of sp³-hybridized carbons (Fsp3) is 0.333. The second-order valence-corrected chi connectivity index (χ2v) is 4.73. The summed E-state index contributed by atoms with van der Waals surface area (Å²) in [5.41, 5.74) is 0.736. The van der Waals surface area contributed by atoms with Crippen LogP contribution < -0.4 is 5.32 Å². The number of benzene rings is 1. The molecular formula is C15H16N2O2. The lowest BCUT2D eigenvalue weighted by Crippen LogP contribution is -2.39. The highest BCUT2D eigenvalue weighted by atomic mass is 16.5. The van der Waals surface area contributed by atoms with Gasteiger partial charge in [-0.05, 0) is 11.5 Å². The van der Waals surface area contributed by atoms with Gasteiger partial charge in [0, 0.05) is 42.9 Å². The first-order valence-electron chi connectivity index (χ1n) is 6.53. The van der Waals surface area contributed by atoms with E-state index in [9.17, 15) is 4.79 Å². The van der Waals surface area contributed by atoms with Gasteiger partial charge in [0.05, 0.1) is 12.7 Å². The number of ether oxygens (including phenoxy) is 1. The van der Waals surface area contributed by atoms with Crippen LogP contribution in [0.2, 0.25) is 0 Å². The minimum Gasteiger partial charge on any atom is -0.375 e. The van der Waals surface area contributed by atoms with Crippen molar-refractivity contribution in [2.45, 2.75) is 12.5 Å². The van der Waals surface area contributed by atoms with E-state index >= 15 is 0 Å². The minimum absolute atomic E-state index is 0.0202. The molecule has 3 rings (SSSR count). The summed E-state index contributed by atoms with van der Waals surface area (Å²) < 4.78 is 5.58.